The molecule has 0 aliphatic carbocycles. The first kappa shape index (κ1) is 9.84. The maximum atomic E-state index is 4.11. The summed E-state index contributed by atoms with van der Waals surface area (Å²) < 4.78 is 0. The van der Waals surface area contributed by atoms with Crippen molar-refractivity contribution in [2.75, 3.05) is 0 Å². The highest BCUT2D eigenvalue weighted by molar-refractivity contribution is 5.18. The highest BCUT2D eigenvalue weighted by Gasteiger charge is 2.06. The van der Waals surface area contributed by atoms with Gasteiger partial charge in [0.2, 0.25) is 0 Å². The van der Waals surface area contributed by atoms with Crippen LogP contribution in [0.4, 0.5) is 0 Å². The van der Waals surface area contributed by atoms with Crippen molar-refractivity contribution in [3.05, 3.63) is 60.2 Å². The Balaban J connectivity index is 2.08. The molecule has 2 rings (SSSR count). The lowest BCUT2D eigenvalue weighted by atomic mass is 9.96. The van der Waals surface area contributed by atoms with Gasteiger partial charge in [0.15, 0.2) is 0 Å². The van der Waals surface area contributed by atoms with Crippen molar-refractivity contribution in [1.82, 2.24) is 9.97 Å². The van der Waals surface area contributed by atoms with E-state index in [0.29, 0.717) is 5.92 Å². The first-order valence-corrected chi connectivity index (χ1v) is 5.08. The minimum atomic E-state index is 0.433. The molecule has 0 amide bonds. The van der Waals surface area contributed by atoms with E-state index < -0.39 is 0 Å². The molecule has 0 fully saturated rings. The number of aromatic nitrogens is 2. The summed E-state index contributed by atoms with van der Waals surface area (Å²) in [6, 6.07) is 8.08. The minimum absolute atomic E-state index is 0.433. The van der Waals surface area contributed by atoms with Crippen LogP contribution in [0.1, 0.15) is 24.0 Å². The Morgan fingerprint density at radius 3 is 2.80 bits per heavy atom. The third-order valence-corrected chi connectivity index (χ3v) is 2.43. The van der Waals surface area contributed by atoms with E-state index in [0.717, 1.165) is 12.0 Å². The van der Waals surface area contributed by atoms with Gasteiger partial charge in [0.1, 0.15) is 0 Å². The Kier molecular flexibility index (Phi) is 3.08. The molecule has 2 heteroatoms. The number of hydrogen-bond acceptors (Lipinski definition) is 2. The number of hydrogen-bond donors (Lipinski definition) is 0. The van der Waals surface area contributed by atoms with Gasteiger partial charge in [-0.15, -0.1) is 0 Å². The first-order chi connectivity index (χ1) is 7.36. The average Bonchev–Trinajstić information content (AvgIpc) is 2.31. The summed E-state index contributed by atoms with van der Waals surface area (Å²) in [6.45, 7) is 2.18. The van der Waals surface area contributed by atoms with E-state index in [1.165, 1.54) is 5.56 Å². The van der Waals surface area contributed by atoms with Crippen molar-refractivity contribution >= 4 is 0 Å². The summed E-state index contributed by atoms with van der Waals surface area (Å²) in [5.74, 6) is 0.433. The molecule has 0 saturated heterocycles. The summed E-state index contributed by atoms with van der Waals surface area (Å²) in [5.41, 5.74) is 2.41. The summed E-state index contributed by atoms with van der Waals surface area (Å²) >= 11 is 0. The molecular weight excluding hydrogens is 184 g/mol. The third-order valence-electron chi connectivity index (χ3n) is 2.43. The molecule has 0 bridgehead atoms. The van der Waals surface area contributed by atoms with E-state index in [1.54, 1.807) is 12.4 Å². The molecule has 15 heavy (non-hydrogen) atoms. The lowest BCUT2D eigenvalue weighted by molar-refractivity contribution is 0.750. The molecular formula is C13H13N2. The highest BCUT2D eigenvalue weighted by Crippen LogP contribution is 2.18. The fourth-order valence-electron chi connectivity index (χ4n) is 1.60. The zero-order chi connectivity index (χ0) is 10.5. The Hall–Kier alpha value is -1.70. The van der Waals surface area contributed by atoms with Gasteiger partial charge in [-0.1, -0.05) is 19.1 Å². The molecule has 0 N–H and O–H groups in total. The van der Waals surface area contributed by atoms with E-state index in [4.69, 9.17) is 0 Å². The van der Waals surface area contributed by atoms with E-state index in [9.17, 15) is 0 Å². The minimum Gasteiger partial charge on any atom is -0.264 e. The average molecular weight is 197 g/mol. The maximum absolute atomic E-state index is 4.11. The normalized spacial score (nSPS) is 12.3. The van der Waals surface area contributed by atoms with Gasteiger partial charge in [-0.25, -0.2) is 0 Å². The molecule has 2 heterocycles. The fraction of sp³-hybridized carbons (Fsp3) is 0.231. The van der Waals surface area contributed by atoms with Crippen molar-refractivity contribution < 1.29 is 0 Å². The molecule has 1 unspecified atom stereocenters. The second-order valence-corrected chi connectivity index (χ2v) is 3.67. The molecule has 0 aromatic carbocycles. The van der Waals surface area contributed by atoms with E-state index >= 15 is 0 Å². The van der Waals surface area contributed by atoms with Crippen LogP contribution in [0.15, 0.2) is 42.9 Å². The van der Waals surface area contributed by atoms with Crippen LogP contribution < -0.4 is 0 Å². The third kappa shape index (κ3) is 2.62. The van der Waals surface area contributed by atoms with Crippen molar-refractivity contribution in [2.45, 2.75) is 19.3 Å². The van der Waals surface area contributed by atoms with Gasteiger partial charge < -0.3 is 0 Å². The molecule has 0 spiro atoms. The summed E-state index contributed by atoms with van der Waals surface area (Å²) in [6.07, 6.45) is 9.46. The van der Waals surface area contributed by atoms with E-state index in [2.05, 4.69) is 35.2 Å². The maximum Gasteiger partial charge on any atom is 0.0923 e. The number of rotatable bonds is 3. The molecule has 0 aliphatic heterocycles. The van der Waals surface area contributed by atoms with Gasteiger partial charge in [-0.2, -0.15) is 0 Å². The summed E-state index contributed by atoms with van der Waals surface area (Å²) in [5, 5.41) is 0. The zero-order valence-electron chi connectivity index (χ0n) is 8.72. The van der Waals surface area contributed by atoms with Crippen molar-refractivity contribution in [3.8, 4) is 0 Å². The van der Waals surface area contributed by atoms with Crippen LogP contribution in [0.25, 0.3) is 0 Å². The van der Waals surface area contributed by atoms with Crippen LogP contribution in [0, 0.1) is 6.20 Å². The van der Waals surface area contributed by atoms with Crippen molar-refractivity contribution in [1.29, 1.82) is 0 Å². The zero-order valence-corrected chi connectivity index (χ0v) is 8.72. The van der Waals surface area contributed by atoms with Crippen LogP contribution in [0.5, 0.6) is 0 Å². The lowest BCUT2D eigenvalue weighted by Crippen LogP contribution is -1.99. The van der Waals surface area contributed by atoms with Gasteiger partial charge in [-0.05, 0) is 35.6 Å². The topological polar surface area (TPSA) is 25.8 Å². The standard InChI is InChI=1S/C13H13N2/c1-11(13-5-3-7-15-10-13)8-12-4-2-6-14-9-12/h2-7,9,11H,8H2,1H3. The fourth-order valence-corrected chi connectivity index (χ4v) is 1.60. The second-order valence-electron chi connectivity index (χ2n) is 3.67. The van der Waals surface area contributed by atoms with Crippen LogP contribution >= 0.6 is 0 Å². The molecule has 75 valence electrons. The van der Waals surface area contributed by atoms with E-state index in [-0.39, 0.29) is 0 Å². The Morgan fingerprint density at radius 2 is 2.13 bits per heavy atom. The molecule has 0 aliphatic rings. The van der Waals surface area contributed by atoms with Crippen LogP contribution in [0.2, 0.25) is 0 Å². The second kappa shape index (κ2) is 4.69. The predicted molar refractivity (Wildman–Crippen MR) is 59.4 cm³/mol. The molecule has 1 atom stereocenters. The summed E-state index contributed by atoms with van der Waals surface area (Å²) in [7, 11) is 0. The Labute approximate surface area is 90.0 Å². The predicted octanol–water partition coefficient (Wildman–Crippen LogP) is 2.62. The largest absolute Gasteiger partial charge is 0.264 e. The molecule has 2 aromatic heterocycles. The monoisotopic (exact) mass is 197 g/mol. The van der Waals surface area contributed by atoms with Gasteiger partial charge in [0, 0.05) is 18.6 Å². The smallest absolute Gasteiger partial charge is 0.0923 e. The number of nitrogens with zero attached hydrogens (tertiary/aromatic N) is 2. The molecule has 2 nitrogen and oxygen atoms in total. The molecule has 1 radical (unpaired) electrons. The van der Waals surface area contributed by atoms with Crippen molar-refractivity contribution in [2.24, 2.45) is 0 Å². The van der Waals surface area contributed by atoms with Crippen LogP contribution in [-0.4, -0.2) is 9.97 Å². The Bertz CT molecular complexity index is 397. The van der Waals surface area contributed by atoms with Gasteiger partial charge in [-0.3, -0.25) is 9.97 Å². The lowest BCUT2D eigenvalue weighted by Gasteiger charge is -2.10. The number of pyridine rings is 2. The quantitative estimate of drug-likeness (QED) is 0.756. The van der Waals surface area contributed by atoms with Crippen molar-refractivity contribution in [3.63, 3.8) is 0 Å². The van der Waals surface area contributed by atoms with Crippen LogP contribution in [0.3, 0.4) is 0 Å². The van der Waals surface area contributed by atoms with Crippen LogP contribution in [-0.2, 0) is 6.42 Å². The Morgan fingerprint density at radius 1 is 1.27 bits per heavy atom. The summed E-state index contributed by atoms with van der Waals surface area (Å²) in [4.78, 5) is 8.11. The van der Waals surface area contributed by atoms with Gasteiger partial charge in [0.05, 0.1) is 6.20 Å². The highest BCUT2D eigenvalue weighted by atomic mass is 14.6. The molecule has 0 saturated carbocycles. The van der Waals surface area contributed by atoms with Gasteiger partial charge >= 0.3 is 0 Å². The first-order valence-electron chi connectivity index (χ1n) is 5.08. The van der Waals surface area contributed by atoms with E-state index in [1.807, 2.05) is 18.3 Å². The molecule has 2 aromatic rings. The van der Waals surface area contributed by atoms with Gasteiger partial charge in [0.25, 0.3) is 0 Å². The SMILES string of the molecule is CC(Cc1cccnc1)c1[c]nccc1.